The van der Waals surface area contributed by atoms with Crippen molar-refractivity contribution < 1.29 is 13.2 Å². The molecule has 1 aliphatic heterocycles. The van der Waals surface area contributed by atoms with Crippen LogP contribution in [0, 0.1) is 11.8 Å². The first kappa shape index (κ1) is 20.9. The van der Waals surface area contributed by atoms with E-state index in [1.54, 1.807) is 28.2 Å². The van der Waals surface area contributed by atoms with E-state index in [1.165, 1.54) is 12.1 Å². The van der Waals surface area contributed by atoms with Crippen molar-refractivity contribution in [3.05, 3.63) is 54.1 Å². The van der Waals surface area contributed by atoms with Crippen molar-refractivity contribution in [2.75, 3.05) is 24.7 Å². The molecule has 0 saturated carbocycles. The number of sulfonamides is 1. The van der Waals surface area contributed by atoms with Crippen LogP contribution >= 0.6 is 11.8 Å². The molecule has 0 radical (unpaired) electrons. The van der Waals surface area contributed by atoms with Gasteiger partial charge in [0.05, 0.1) is 4.90 Å². The summed E-state index contributed by atoms with van der Waals surface area (Å²) in [6.45, 7) is 5.25. The zero-order valence-electron chi connectivity index (χ0n) is 16.4. The summed E-state index contributed by atoms with van der Waals surface area (Å²) in [6.07, 6.45) is 3.02. The summed E-state index contributed by atoms with van der Waals surface area (Å²) in [5.41, 5.74) is 1.14. The Labute approximate surface area is 171 Å². The molecule has 5 nitrogen and oxygen atoms in total. The Morgan fingerprint density at radius 1 is 1.07 bits per heavy atom. The number of amides is 1. The first-order valence-electron chi connectivity index (χ1n) is 9.35. The first-order valence-corrected chi connectivity index (χ1v) is 12.0. The molecule has 0 aliphatic carbocycles. The van der Waals surface area contributed by atoms with Gasteiger partial charge in [-0.1, -0.05) is 19.9 Å². The summed E-state index contributed by atoms with van der Waals surface area (Å²) < 4.78 is 27.5. The molecule has 1 N–H and O–H groups in total. The third-order valence-electron chi connectivity index (χ3n) is 4.92. The van der Waals surface area contributed by atoms with Gasteiger partial charge in [-0.2, -0.15) is 4.31 Å². The fourth-order valence-corrected chi connectivity index (χ4v) is 5.77. The predicted octanol–water partition coefficient (Wildman–Crippen LogP) is 4.33. The highest BCUT2D eigenvalue weighted by molar-refractivity contribution is 7.98. The Kier molecular flexibility index (Phi) is 6.47. The predicted molar refractivity (Wildman–Crippen MR) is 114 cm³/mol. The first-order chi connectivity index (χ1) is 13.3. The Morgan fingerprint density at radius 2 is 1.71 bits per heavy atom. The highest BCUT2D eigenvalue weighted by Gasteiger charge is 2.31. The Morgan fingerprint density at radius 3 is 2.32 bits per heavy atom. The van der Waals surface area contributed by atoms with Crippen molar-refractivity contribution >= 4 is 33.4 Å². The molecule has 3 rings (SSSR count). The highest BCUT2D eigenvalue weighted by Crippen LogP contribution is 2.27. The fraction of sp³-hybridized carbons (Fsp3) is 0.381. The van der Waals surface area contributed by atoms with Gasteiger partial charge in [-0.3, -0.25) is 4.79 Å². The van der Waals surface area contributed by atoms with Gasteiger partial charge in [0.1, 0.15) is 0 Å². The second kappa shape index (κ2) is 8.68. The summed E-state index contributed by atoms with van der Waals surface area (Å²) in [5, 5.41) is 2.85. The number of piperidine rings is 1. The molecule has 1 amide bonds. The highest BCUT2D eigenvalue weighted by atomic mass is 32.2. The van der Waals surface area contributed by atoms with E-state index in [2.05, 4.69) is 19.2 Å². The van der Waals surface area contributed by atoms with E-state index in [0.717, 1.165) is 11.3 Å². The van der Waals surface area contributed by atoms with Gasteiger partial charge in [0.25, 0.3) is 5.91 Å². The lowest BCUT2D eigenvalue weighted by molar-refractivity contribution is 0.102. The van der Waals surface area contributed by atoms with Crippen LogP contribution in [0.25, 0.3) is 0 Å². The number of anilines is 1. The minimum absolute atomic E-state index is 0.231. The molecule has 1 saturated heterocycles. The number of nitrogens with zero attached hydrogens (tertiary/aromatic N) is 1. The summed E-state index contributed by atoms with van der Waals surface area (Å²) in [5.74, 6) is 0.434. The van der Waals surface area contributed by atoms with Crippen LogP contribution in [-0.2, 0) is 10.0 Å². The lowest BCUT2D eigenvalue weighted by Gasteiger charge is -2.34. The fourth-order valence-electron chi connectivity index (χ4n) is 3.63. The van der Waals surface area contributed by atoms with E-state index in [-0.39, 0.29) is 10.8 Å². The monoisotopic (exact) mass is 418 g/mol. The summed E-state index contributed by atoms with van der Waals surface area (Å²) in [6, 6.07) is 13.8. The van der Waals surface area contributed by atoms with E-state index in [1.807, 2.05) is 30.5 Å². The number of thioether (sulfide) groups is 1. The topological polar surface area (TPSA) is 66.5 Å². The van der Waals surface area contributed by atoms with Gasteiger partial charge < -0.3 is 5.32 Å². The van der Waals surface area contributed by atoms with Crippen molar-refractivity contribution in [3.8, 4) is 0 Å². The molecular weight excluding hydrogens is 392 g/mol. The number of carbonyl (C=O) groups excluding carboxylic acids is 1. The van der Waals surface area contributed by atoms with Crippen LogP contribution in [-0.4, -0.2) is 38.0 Å². The van der Waals surface area contributed by atoms with Crippen molar-refractivity contribution in [1.29, 1.82) is 0 Å². The van der Waals surface area contributed by atoms with Crippen molar-refractivity contribution in [3.63, 3.8) is 0 Å². The van der Waals surface area contributed by atoms with Gasteiger partial charge in [-0.05, 0) is 67.0 Å². The van der Waals surface area contributed by atoms with Crippen molar-refractivity contribution in [2.24, 2.45) is 11.8 Å². The maximum Gasteiger partial charge on any atom is 0.255 e. The van der Waals surface area contributed by atoms with Gasteiger partial charge in [-0.25, -0.2) is 8.42 Å². The van der Waals surface area contributed by atoms with Gasteiger partial charge in [-0.15, -0.1) is 11.8 Å². The molecule has 0 spiro atoms. The van der Waals surface area contributed by atoms with E-state index < -0.39 is 10.0 Å². The quantitative estimate of drug-likeness (QED) is 0.734. The van der Waals surface area contributed by atoms with Crippen LogP contribution in [0.2, 0.25) is 0 Å². The Bertz CT molecular complexity index is 932. The number of hydrogen-bond donors (Lipinski definition) is 1. The molecule has 2 atom stereocenters. The normalized spacial score (nSPS) is 20.7. The summed E-state index contributed by atoms with van der Waals surface area (Å²) in [7, 11) is -3.54. The smallest absolute Gasteiger partial charge is 0.255 e. The standard InChI is InChI=1S/C21H26N2O3S2/c1-15-11-16(2)14-23(13-15)28(25,26)20-9-7-17(8-10-20)21(24)22-18-5-4-6-19(12-18)27-3/h4-10,12,15-16H,11,13-14H2,1-3H3,(H,22,24)/t15-,16-/m0/s1. The van der Waals surface area contributed by atoms with Crippen LogP contribution in [0.15, 0.2) is 58.3 Å². The third-order valence-corrected chi connectivity index (χ3v) is 7.49. The molecule has 0 bridgehead atoms. The molecule has 0 aromatic heterocycles. The zero-order valence-corrected chi connectivity index (χ0v) is 18.0. The molecule has 1 aliphatic rings. The molecular formula is C21H26N2O3S2. The van der Waals surface area contributed by atoms with E-state index >= 15 is 0 Å². The van der Waals surface area contributed by atoms with Gasteiger partial charge in [0.2, 0.25) is 10.0 Å². The zero-order chi connectivity index (χ0) is 20.3. The molecule has 2 aromatic carbocycles. The number of nitrogens with one attached hydrogen (secondary N) is 1. The molecule has 1 fully saturated rings. The van der Waals surface area contributed by atoms with Crippen LogP contribution < -0.4 is 5.32 Å². The third kappa shape index (κ3) is 4.77. The molecule has 28 heavy (non-hydrogen) atoms. The minimum atomic E-state index is -3.54. The lowest BCUT2D eigenvalue weighted by atomic mass is 9.94. The molecule has 150 valence electrons. The van der Waals surface area contributed by atoms with Gasteiger partial charge in [0, 0.05) is 29.2 Å². The molecule has 0 unspecified atom stereocenters. The number of rotatable bonds is 5. The Balaban J connectivity index is 1.74. The minimum Gasteiger partial charge on any atom is -0.322 e. The molecule has 7 heteroatoms. The number of carbonyl (C=O) groups is 1. The maximum atomic E-state index is 12.9. The maximum absolute atomic E-state index is 12.9. The molecule has 2 aromatic rings. The Hall–Kier alpha value is -1.83. The van der Waals surface area contributed by atoms with Gasteiger partial charge in [0.15, 0.2) is 0 Å². The van der Waals surface area contributed by atoms with Crippen LogP contribution in [0.3, 0.4) is 0 Å². The average molecular weight is 419 g/mol. The summed E-state index contributed by atoms with van der Waals surface area (Å²) in [4.78, 5) is 13.8. The van der Waals surface area contributed by atoms with Crippen molar-refractivity contribution in [2.45, 2.75) is 30.1 Å². The van der Waals surface area contributed by atoms with Crippen LogP contribution in [0.1, 0.15) is 30.6 Å². The number of hydrogen-bond acceptors (Lipinski definition) is 4. The van der Waals surface area contributed by atoms with E-state index in [9.17, 15) is 13.2 Å². The van der Waals surface area contributed by atoms with E-state index in [4.69, 9.17) is 0 Å². The lowest BCUT2D eigenvalue weighted by Crippen LogP contribution is -2.42. The SMILES string of the molecule is CSc1cccc(NC(=O)c2ccc(S(=O)(=O)N3C[C@@H](C)C[C@H](C)C3)cc2)c1. The number of benzene rings is 2. The van der Waals surface area contributed by atoms with Crippen LogP contribution in [0.4, 0.5) is 5.69 Å². The molecule has 1 heterocycles. The van der Waals surface area contributed by atoms with Crippen molar-refractivity contribution in [1.82, 2.24) is 4.31 Å². The van der Waals surface area contributed by atoms with Gasteiger partial charge >= 0.3 is 0 Å². The second-order valence-corrected chi connectivity index (χ2v) is 10.3. The van der Waals surface area contributed by atoms with E-state index in [0.29, 0.717) is 36.2 Å². The van der Waals surface area contributed by atoms with Crippen LogP contribution in [0.5, 0.6) is 0 Å². The second-order valence-electron chi connectivity index (χ2n) is 7.48. The average Bonchev–Trinajstić information content (AvgIpc) is 2.67. The largest absolute Gasteiger partial charge is 0.322 e. The summed E-state index contributed by atoms with van der Waals surface area (Å²) >= 11 is 1.60.